The summed E-state index contributed by atoms with van der Waals surface area (Å²) in [6.07, 6.45) is 2.94. The molecular formula is C19H25N3O6. The van der Waals surface area contributed by atoms with E-state index in [0.717, 1.165) is 25.7 Å². The molecule has 2 aliphatic rings. The molecule has 1 saturated carbocycles. The zero-order valence-electron chi connectivity index (χ0n) is 15.9. The topological polar surface area (TPSA) is 111 Å². The molecule has 1 N–H and O–H groups in total. The molecule has 1 aliphatic carbocycles. The molecule has 1 amide bonds. The molecule has 2 fully saturated rings. The van der Waals surface area contributed by atoms with Crippen molar-refractivity contribution in [3.63, 3.8) is 0 Å². The van der Waals surface area contributed by atoms with Crippen LogP contribution in [0.15, 0.2) is 18.2 Å². The second kappa shape index (κ2) is 9.01. The van der Waals surface area contributed by atoms with Crippen molar-refractivity contribution >= 4 is 23.3 Å². The minimum absolute atomic E-state index is 0.104. The van der Waals surface area contributed by atoms with Crippen LogP contribution in [0, 0.1) is 10.1 Å². The summed E-state index contributed by atoms with van der Waals surface area (Å²) in [5.74, 6) is -1.26. The number of nitrogens with one attached hydrogen (secondary N) is 1. The normalized spacial score (nSPS) is 18.5. The molecule has 0 bridgehead atoms. The molecule has 9 heteroatoms. The van der Waals surface area contributed by atoms with Gasteiger partial charge in [0.05, 0.1) is 18.1 Å². The summed E-state index contributed by atoms with van der Waals surface area (Å²) < 4.78 is 10.6. The zero-order valence-corrected chi connectivity index (χ0v) is 15.9. The number of carbonyl (C=O) groups excluding carboxylic acids is 2. The van der Waals surface area contributed by atoms with Crippen molar-refractivity contribution in [2.75, 3.05) is 31.2 Å². The van der Waals surface area contributed by atoms with Crippen LogP contribution in [-0.4, -0.2) is 55.2 Å². The molecule has 152 valence electrons. The average molecular weight is 391 g/mol. The Morgan fingerprint density at radius 1 is 1.29 bits per heavy atom. The highest BCUT2D eigenvalue weighted by atomic mass is 16.6. The molecule has 1 heterocycles. The van der Waals surface area contributed by atoms with E-state index in [1.807, 2.05) is 4.90 Å². The van der Waals surface area contributed by atoms with Gasteiger partial charge in [0.2, 0.25) is 0 Å². The lowest BCUT2D eigenvalue weighted by atomic mass is 10.1. The molecule has 1 aromatic rings. The monoisotopic (exact) mass is 391 g/mol. The summed E-state index contributed by atoms with van der Waals surface area (Å²) in [5, 5.41) is 14.2. The molecule has 0 radical (unpaired) electrons. The van der Waals surface area contributed by atoms with E-state index < -0.39 is 17.0 Å². The Morgan fingerprint density at radius 3 is 2.61 bits per heavy atom. The predicted octanol–water partition coefficient (Wildman–Crippen LogP) is 2.04. The molecule has 0 aromatic heterocycles. The number of ether oxygens (including phenoxy) is 2. The van der Waals surface area contributed by atoms with Crippen molar-refractivity contribution in [1.82, 2.24) is 5.32 Å². The SMILES string of the molecule is C[C@@H](OC(=O)c1cc(N2CCOCC2)ccc1[N+](=O)[O-])C(=O)NC1CCCC1. The van der Waals surface area contributed by atoms with Gasteiger partial charge in [-0.15, -0.1) is 0 Å². The molecule has 1 saturated heterocycles. The first-order valence-electron chi connectivity index (χ1n) is 9.58. The first kappa shape index (κ1) is 20.1. The van der Waals surface area contributed by atoms with E-state index in [1.54, 1.807) is 6.07 Å². The number of esters is 1. The molecule has 0 spiro atoms. The van der Waals surface area contributed by atoms with Gasteiger partial charge in [-0.25, -0.2) is 4.79 Å². The van der Waals surface area contributed by atoms with Gasteiger partial charge in [0.25, 0.3) is 11.6 Å². The minimum Gasteiger partial charge on any atom is -0.449 e. The van der Waals surface area contributed by atoms with Crippen molar-refractivity contribution in [2.24, 2.45) is 0 Å². The van der Waals surface area contributed by atoms with Gasteiger partial charge in [-0.2, -0.15) is 0 Å². The largest absolute Gasteiger partial charge is 0.449 e. The maximum atomic E-state index is 12.6. The number of hydrogen-bond acceptors (Lipinski definition) is 7. The smallest absolute Gasteiger partial charge is 0.346 e. The van der Waals surface area contributed by atoms with Crippen LogP contribution in [0.2, 0.25) is 0 Å². The fourth-order valence-electron chi connectivity index (χ4n) is 3.53. The molecule has 1 aliphatic heterocycles. The molecule has 1 atom stereocenters. The lowest BCUT2D eigenvalue weighted by molar-refractivity contribution is -0.385. The van der Waals surface area contributed by atoms with Crippen molar-refractivity contribution in [2.45, 2.75) is 44.8 Å². The molecule has 9 nitrogen and oxygen atoms in total. The van der Waals surface area contributed by atoms with Crippen molar-refractivity contribution in [3.05, 3.63) is 33.9 Å². The van der Waals surface area contributed by atoms with Crippen LogP contribution in [0.1, 0.15) is 43.0 Å². The van der Waals surface area contributed by atoms with Crippen LogP contribution in [0.4, 0.5) is 11.4 Å². The fraction of sp³-hybridized carbons (Fsp3) is 0.579. The standard InChI is InChI=1S/C19H25N3O6/c1-13(18(23)20-14-4-2-3-5-14)28-19(24)16-12-15(6-7-17(16)22(25)26)21-8-10-27-11-9-21/h6-7,12-14H,2-5,8-11H2,1H3,(H,20,23)/t13-/m1/s1. The van der Waals surface area contributed by atoms with Crippen LogP contribution in [0.3, 0.4) is 0 Å². The van der Waals surface area contributed by atoms with E-state index in [1.165, 1.54) is 19.1 Å². The van der Waals surface area contributed by atoms with Gasteiger partial charge in [0.15, 0.2) is 6.10 Å². The quantitative estimate of drug-likeness (QED) is 0.449. The number of carbonyl (C=O) groups is 2. The lowest BCUT2D eigenvalue weighted by Gasteiger charge is -2.29. The van der Waals surface area contributed by atoms with E-state index in [0.29, 0.717) is 32.0 Å². The number of nitrogens with zero attached hydrogens (tertiary/aromatic N) is 2. The molecule has 28 heavy (non-hydrogen) atoms. The minimum atomic E-state index is -1.03. The molecule has 0 unspecified atom stereocenters. The van der Waals surface area contributed by atoms with Gasteiger partial charge >= 0.3 is 5.97 Å². The van der Waals surface area contributed by atoms with Gasteiger partial charge in [0.1, 0.15) is 5.56 Å². The van der Waals surface area contributed by atoms with Crippen molar-refractivity contribution in [1.29, 1.82) is 0 Å². The Morgan fingerprint density at radius 2 is 1.96 bits per heavy atom. The zero-order chi connectivity index (χ0) is 20.1. The first-order chi connectivity index (χ1) is 13.5. The van der Waals surface area contributed by atoms with Crippen LogP contribution in [0.5, 0.6) is 0 Å². The summed E-state index contributed by atoms with van der Waals surface area (Å²) in [6.45, 7) is 3.84. The van der Waals surface area contributed by atoms with E-state index in [9.17, 15) is 19.7 Å². The predicted molar refractivity (Wildman–Crippen MR) is 101 cm³/mol. The number of rotatable bonds is 6. The number of anilines is 1. The second-order valence-corrected chi connectivity index (χ2v) is 7.10. The lowest BCUT2D eigenvalue weighted by Crippen LogP contribution is -2.41. The highest BCUT2D eigenvalue weighted by Crippen LogP contribution is 2.27. The summed E-state index contributed by atoms with van der Waals surface area (Å²) >= 11 is 0. The third-order valence-corrected chi connectivity index (χ3v) is 5.13. The van der Waals surface area contributed by atoms with Crippen LogP contribution in [-0.2, 0) is 14.3 Å². The number of morpholine rings is 1. The van der Waals surface area contributed by atoms with Gasteiger partial charge in [-0.1, -0.05) is 12.8 Å². The Hall–Kier alpha value is -2.68. The van der Waals surface area contributed by atoms with Crippen LogP contribution >= 0.6 is 0 Å². The van der Waals surface area contributed by atoms with Gasteiger partial charge in [0, 0.05) is 30.9 Å². The Labute approximate surface area is 163 Å². The van der Waals surface area contributed by atoms with Crippen LogP contribution in [0.25, 0.3) is 0 Å². The Bertz CT molecular complexity index is 741. The average Bonchev–Trinajstić information content (AvgIpc) is 3.21. The third kappa shape index (κ3) is 4.78. The van der Waals surface area contributed by atoms with Gasteiger partial charge < -0.3 is 19.7 Å². The van der Waals surface area contributed by atoms with Gasteiger partial charge in [-0.05, 0) is 31.9 Å². The number of hydrogen-bond donors (Lipinski definition) is 1. The third-order valence-electron chi connectivity index (χ3n) is 5.13. The number of nitro groups is 1. The highest BCUT2D eigenvalue weighted by molar-refractivity contribution is 5.97. The summed E-state index contributed by atoms with van der Waals surface area (Å²) in [5.41, 5.74) is 0.184. The second-order valence-electron chi connectivity index (χ2n) is 7.10. The molecule has 3 rings (SSSR count). The maximum Gasteiger partial charge on any atom is 0.346 e. The summed E-state index contributed by atoms with van der Waals surface area (Å²) in [4.78, 5) is 37.6. The fourth-order valence-corrected chi connectivity index (χ4v) is 3.53. The Balaban J connectivity index is 1.72. The highest BCUT2D eigenvalue weighted by Gasteiger charge is 2.28. The number of amides is 1. The van der Waals surface area contributed by atoms with Gasteiger partial charge in [-0.3, -0.25) is 14.9 Å². The van der Waals surface area contributed by atoms with Crippen LogP contribution < -0.4 is 10.2 Å². The van der Waals surface area contributed by atoms with Crippen molar-refractivity contribution < 1.29 is 24.0 Å². The summed E-state index contributed by atoms with van der Waals surface area (Å²) in [7, 11) is 0. The van der Waals surface area contributed by atoms with E-state index >= 15 is 0 Å². The molecular weight excluding hydrogens is 366 g/mol. The van der Waals surface area contributed by atoms with E-state index in [-0.39, 0.29) is 23.2 Å². The summed E-state index contributed by atoms with van der Waals surface area (Å²) in [6, 6.07) is 4.46. The number of nitro benzene ring substituents is 1. The van der Waals surface area contributed by atoms with Crippen molar-refractivity contribution in [3.8, 4) is 0 Å². The Kier molecular flexibility index (Phi) is 6.45. The maximum absolute atomic E-state index is 12.6. The van der Waals surface area contributed by atoms with E-state index in [2.05, 4.69) is 5.32 Å². The first-order valence-corrected chi connectivity index (χ1v) is 9.58. The number of benzene rings is 1. The van der Waals surface area contributed by atoms with E-state index in [4.69, 9.17) is 9.47 Å². The molecule has 1 aromatic carbocycles.